The molecule has 1 aliphatic carbocycles. The number of anilines is 1. The average molecular weight is 463 g/mol. The van der Waals surface area contributed by atoms with Gasteiger partial charge in [0.2, 0.25) is 5.95 Å². The zero-order valence-electron chi connectivity index (χ0n) is 19.5. The van der Waals surface area contributed by atoms with Crippen molar-refractivity contribution >= 4 is 11.7 Å². The van der Waals surface area contributed by atoms with Crippen LogP contribution in [0.3, 0.4) is 0 Å². The minimum absolute atomic E-state index is 0.0949. The maximum absolute atomic E-state index is 13.1. The van der Waals surface area contributed by atoms with Crippen molar-refractivity contribution in [3.63, 3.8) is 0 Å². The summed E-state index contributed by atoms with van der Waals surface area (Å²) < 4.78 is 23.8. The molecule has 2 heterocycles. The summed E-state index contributed by atoms with van der Waals surface area (Å²) in [6.07, 6.45) is 2.06. The van der Waals surface area contributed by atoms with Crippen LogP contribution in [-0.4, -0.2) is 49.0 Å². The van der Waals surface area contributed by atoms with Crippen LogP contribution >= 0.6 is 0 Å². The van der Waals surface area contributed by atoms with Crippen molar-refractivity contribution in [1.29, 1.82) is 0 Å². The Morgan fingerprint density at radius 2 is 1.74 bits per heavy atom. The molecule has 0 saturated carbocycles. The molecule has 2 aromatic carbocycles. The minimum atomic E-state index is -0.495. The van der Waals surface area contributed by atoms with E-state index in [4.69, 9.17) is 29.0 Å². The summed E-state index contributed by atoms with van der Waals surface area (Å²) in [6, 6.07) is 10.7. The van der Waals surface area contributed by atoms with Crippen molar-refractivity contribution in [2.24, 2.45) is 0 Å². The summed E-state index contributed by atoms with van der Waals surface area (Å²) in [5.74, 6) is 3.52. The molecule has 0 fully saturated rings. The number of para-hydroxylation sites is 1. The number of ether oxygens (including phenoxy) is 4. The number of hydrogen-bond acceptors (Lipinski definition) is 8. The number of hydrogen-bond donors (Lipinski definition) is 1. The lowest BCUT2D eigenvalue weighted by Crippen LogP contribution is -2.31. The molecule has 9 nitrogen and oxygen atoms in total. The van der Waals surface area contributed by atoms with Gasteiger partial charge >= 0.3 is 0 Å². The van der Waals surface area contributed by atoms with Gasteiger partial charge in [0.25, 0.3) is 0 Å². The van der Waals surface area contributed by atoms with Gasteiger partial charge in [-0.25, -0.2) is 4.68 Å². The van der Waals surface area contributed by atoms with Crippen LogP contribution in [0.15, 0.2) is 47.7 Å². The Labute approximate surface area is 197 Å². The number of methoxy groups -OCH3 is 4. The molecule has 1 aromatic heterocycles. The number of carbonyl (C=O) groups excluding carboxylic acids is 1. The van der Waals surface area contributed by atoms with Crippen LogP contribution in [0.25, 0.3) is 11.4 Å². The average Bonchev–Trinajstić information content (AvgIpc) is 3.30. The van der Waals surface area contributed by atoms with Gasteiger partial charge in [0, 0.05) is 28.8 Å². The highest BCUT2D eigenvalue weighted by atomic mass is 16.5. The van der Waals surface area contributed by atoms with E-state index in [1.165, 1.54) is 0 Å². The van der Waals surface area contributed by atoms with Crippen molar-refractivity contribution in [2.45, 2.75) is 25.3 Å². The van der Waals surface area contributed by atoms with Gasteiger partial charge in [0.15, 0.2) is 34.6 Å². The molecule has 0 unspecified atom stereocenters. The molecule has 9 heteroatoms. The molecule has 2 aliphatic rings. The molecule has 5 rings (SSSR count). The van der Waals surface area contributed by atoms with Gasteiger partial charge in [-0.3, -0.25) is 4.79 Å². The highest BCUT2D eigenvalue weighted by Gasteiger charge is 2.38. The van der Waals surface area contributed by atoms with E-state index in [2.05, 4.69) is 5.32 Å². The van der Waals surface area contributed by atoms with Gasteiger partial charge in [0.05, 0.1) is 28.4 Å². The van der Waals surface area contributed by atoms with Crippen LogP contribution in [0.4, 0.5) is 5.95 Å². The van der Waals surface area contributed by atoms with Gasteiger partial charge in [-0.1, -0.05) is 12.1 Å². The number of ketones is 1. The molecule has 1 atom stereocenters. The second-order valence-electron chi connectivity index (χ2n) is 8.05. The summed E-state index contributed by atoms with van der Waals surface area (Å²) >= 11 is 0. The summed E-state index contributed by atoms with van der Waals surface area (Å²) in [4.78, 5) is 17.9. The second-order valence-corrected chi connectivity index (χ2v) is 8.05. The number of benzene rings is 2. The lowest BCUT2D eigenvalue weighted by Gasteiger charge is -2.32. The SMILES string of the molecule is COc1ccc(-c2nc3n(n2)[C@@H](c2cccc(OC)c2OC)C2=C(CCCC2=O)N3)cc1OC. The topological polar surface area (TPSA) is 96.7 Å². The minimum Gasteiger partial charge on any atom is -0.493 e. The van der Waals surface area contributed by atoms with Gasteiger partial charge in [-0.15, -0.1) is 5.10 Å². The van der Waals surface area contributed by atoms with E-state index in [1.54, 1.807) is 33.1 Å². The Morgan fingerprint density at radius 3 is 2.47 bits per heavy atom. The molecule has 1 N–H and O–H groups in total. The van der Waals surface area contributed by atoms with Crippen molar-refractivity contribution in [1.82, 2.24) is 14.8 Å². The molecule has 3 aromatic rings. The summed E-state index contributed by atoms with van der Waals surface area (Å²) in [5.41, 5.74) is 3.12. The lowest BCUT2D eigenvalue weighted by atomic mass is 9.85. The number of aromatic nitrogens is 3. The van der Waals surface area contributed by atoms with Gasteiger partial charge < -0.3 is 24.3 Å². The molecule has 0 radical (unpaired) electrons. The van der Waals surface area contributed by atoms with Crippen LogP contribution in [0.1, 0.15) is 30.9 Å². The fraction of sp³-hybridized carbons (Fsp3) is 0.320. The molecular formula is C25H26N4O5. The summed E-state index contributed by atoms with van der Waals surface area (Å²) in [7, 11) is 6.37. The van der Waals surface area contributed by atoms with Gasteiger partial charge in [-0.2, -0.15) is 4.98 Å². The number of rotatable bonds is 6. The number of allylic oxidation sites excluding steroid dienone is 2. The third-order valence-electron chi connectivity index (χ3n) is 6.24. The third-order valence-corrected chi connectivity index (χ3v) is 6.24. The predicted octanol–water partition coefficient (Wildman–Crippen LogP) is 4.00. The highest BCUT2D eigenvalue weighted by molar-refractivity contribution is 5.99. The molecule has 0 amide bonds. The fourth-order valence-electron chi connectivity index (χ4n) is 4.67. The standard InChI is InChI=1S/C25H26N4O5/c1-31-18-12-11-14(13-20(18)33-3)24-27-25-26-16-8-6-9-17(30)21(16)22(29(25)28-24)15-7-5-10-19(32-2)23(15)34-4/h5,7,10-13,22H,6,8-9H2,1-4H3,(H,26,27,28)/t22-/m0/s1. The van der Waals surface area contributed by atoms with Crippen LogP contribution < -0.4 is 24.3 Å². The quantitative estimate of drug-likeness (QED) is 0.587. The predicted molar refractivity (Wildman–Crippen MR) is 126 cm³/mol. The van der Waals surface area contributed by atoms with Gasteiger partial charge in [-0.05, 0) is 37.1 Å². The first-order chi connectivity index (χ1) is 16.6. The largest absolute Gasteiger partial charge is 0.493 e. The molecule has 0 saturated heterocycles. The molecule has 0 bridgehead atoms. The molecule has 1 aliphatic heterocycles. The highest BCUT2D eigenvalue weighted by Crippen LogP contribution is 2.45. The first-order valence-electron chi connectivity index (χ1n) is 11.0. The molecule has 0 spiro atoms. The smallest absolute Gasteiger partial charge is 0.226 e. The second kappa shape index (κ2) is 8.74. The lowest BCUT2D eigenvalue weighted by molar-refractivity contribution is -0.116. The van der Waals surface area contributed by atoms with E-state index in [0.29, 0.717) is 46.8 Å². The van der Waals surface area contributed by atoms with E-state index in [-0.39, 0.29) is 5.78 Å². The Balaban J connectivity index is 1.69. The first kappa shape index (κ1) is 21.8. The van der Waals surface area contributed by atoms with Crippen LogP contribution in [0, 0.1) is 0 Å². The van der Waals surface area contributed by atoms with E-state index in [9.17, 15) is 4.79 Å². The summed E-state index contributed by atoms with van der Waals surface area (Å²) in [6.45, 7) is 0. The number of nitrogens with zero attached hydrogens (tertiary/aromatic N) is 3. The van der Waals surface area contributed by atoms with E-state index >= 15 is 0 Å². The fourth-order valence-corrected chi connectivity index (χ4v) is 4.67. The Kier molecular flexibility index (Phi) is 5.61. The van der Waals surface area contributed by atoms with E-state index < -0.39 is 6.04 Å². The number of Topliss-reactive ketones (excluding diaryl/α,β-unsaturated/α-hetero) is 1. The Hall–Kier alpha value is -4.01. The number of nitrogens with one attached hydrogen (secondary N) is 1. The van der Waals surface area contributed by atoms with E-state index in [1.807, 2.05) is 36.4 Å². The van der Waals surface area contributed by atoms with Crippen molar-refractivity contribution in [3.8, 4) is 34.4 Å². The third kappa shape index (κ3) is 3.44. The number of carbonyl (C=O) groups is 1. The number of fused-ring (bicyclic) bond motifs is 1. The molecule has 34 heavy (non-hydrogen) atoms. The normalized spacial score (nSPS) is 16.9. The van der Waals surface area contributed by atoms with E-state index in [0.717, 1.165) is 29.7 Å². The maximum Gasteiger partial charge on any atom is 0.226 e. The van der Waals surface area contributed by atoms with Crippen LogP contribution in [-0.2, 0) is 4.79 Å². The van der Waals surface area contributed by atoms with Crippen LogP contribution in [0.5, 0.6) is 23.0 Å². The van der Waals surface area contributed by atoms with Gasteiger partial charge in [0.1, 0.15) is 6.04 Å². The van der Waals surface area contributed by atoms with Crippen molar-refractivity contribution in [3.05, 3.63) is 53.2 Å². The van der Waals surface area contributed by atoms with Crippen molar-refractivity contribution in [2.75, 3.05) is 33.8 Å². The Morgan fingerprint density at radius 1 is 0.941 bits per heavy atom. The summed E-state index contributed by atoms with van der Waals surface area (Å²) in [5, 5.41) is 8.19. The molecule has 176 valence electrons. The monoisotopic (exact) mass is 462 g/mol. The van der Waals surface area contributed by atoms with Crippen LogP contribution in [0.2, 0.25) is 0 Å². The Bertz CT molecular complexity index is 1300. The first-order valence-corrected chi connectivity index (χ1v) is 11.0. The zero-order chi connectivity index (χ0) is 23.8. The molecular weight excluding hydrogens is 436 g/mol. The maximum atomic E-state index is 13.1. The van der Waals surface area contributed by atoms with Crippen molar-refractivity contribution < 1.29 is 23.7 Å². The zero-order valence-corrected chi connectivity index (χ0v) is 19.5.